The van der Waals surface area contributed by atoms with Crippen LogP contribution in [0.4, 0.5) is 4.39 Å². The van der Waals surface area contributed by atoms with Gasteiger partial charge in [0.2, 0.25) is 0 Å². The van der Waals surface area contributed by atoms with Crippen LogP contribution in [0.15, 0.2) is 59.8 Å². The van der Waals surface area contributed by atoms with Crippen LogP contribution in [0.1, 0.15) is 5.69 Å². The second kappa shape index (κ2) is 7.63. The average molecular weight is 341 g/mol. The maximum Gasteiger partial charge on any atom is 0.261 e. The minimum atomic E-state index is -0.187. The molecular formula is C17H16FN5O2. The highest BCUT2D eigenvalue weighted by atomic mass is 19.1. The summed E-state index contributed by atoms with van der Waals surface area (Å²) in [6.07, 6.45) is 6.63. The van der Waals surface area contributed by atoms with Crippen LogP contribution in [0.5, 0.6) is 5.75 Å². The average Bonchev–Trinajstić information content (AvgIpc) is 2.66. The fourth-order valence-corrected chi connectivity index (χ4v) is 2.24. The lowest BCUT2D eigenvalue weighted by Gasteiger charge is -2.09. The Bertz CT molecular complexity index is 956. The van der Waals surface area contributed by atoms with E-state index in [1.54, 1.807) is 36.8 Å². The number of rotatable bonds is 6. The van der Waals surface area contributed by atoms with Gasteiger partial charge in [0.25, 0.3) is 5.56 Å². The van der Waals surface area contributed by atoms with Crippen molar-refractivity contribution in [3.8, 4) is 5.75 Å². The predicted octanol–water partition coefficient (Wildman–Crippen LogP) is 1.43. The molecule has 3 rings (SSSR count). The summed E-state index contributed by atoms with van der Waals surface area (Å²) in [5, 5.41) is 0.457. The summed E-state index contributed by atoms with van der Waals surface area (Å²) < 4.78 is 19.4. The number of hydrogen-bond acceptors (Lipinski definition) is 6. The molecule has 7 nitrogen and oxygen atoms in total. The van der Waals surface area contributed by atoms with Crippen molar-refractivity contribution in [2.45, 2.75) is 6.54 Å². The maximum absolute atomic E-state index is 12.6. The molecule has 0 unspecified atom stereocenters. The summed E-state index contributed by atoms with van der Waals surface area (Å²) in [6, 6.07) is 4.91. The van der Waals surface area contributed by atoms with Gasteiger partial charge in [0.1, 0.15) is 12.4 Å². The Morgan fingerprint density at radius 2 is 2.20 bits per heavy atom. The molecular weight excluding hydrogens is 325 g/mol. The lowest BCUT2D eigenvalue weighted by Crippen LogP contribution is -2.21. The first kappa shape index (κ1) is 16.7. The van der Waals surface area contributed by atoms with E-state index in [0.717, 1.165) is 0 Å². The normalized spacial score (nSPS) is 11.7. The van der Waals surface area contributed by atoms with Crippen molar-refractivity contribution in [1.29, 1.82) is 0 Å². The van der Waals surface area contributed by atoms with Crippen LogP contribution in [0.3, 0.4) is 0 Å². The fourth-order valence-electron chi connectivity index (χ4n) is 2.24. The van der Waals surface area contributed by atoms with Crippen LogP contribution in [-0.4, -0.2) is 32.7 Å². The minimum absolute atomic E-state index is 0.0439. The van der Waals surface area contributed by atoms with Gasteiger partial charge in [-0.1, -0.05) is 0 Å². The van der Waals surface area contributed by atoms with Crippen LogP contribution in [0.25, 0.3) is 10.9 Å². The SMILES string of the molecule is NCC(=CF)COc1ccc2c(=O)n(Cc3cnccn3)cnc2c1. The van der Waals surface area contributed by atoms with E-state index in [1.165, 1.54) is 10.9 Å². The van der Waals surface area contributed by atoms with Crippen LogP contribution in [-0.2, 0) is 6.54 Å². The Labute approximate surface area is 142 Å². The van der Waals surface area contributed by atoms with Crippen molar-refractivity contribution < 1.29 is 9.13 Å². The third kappa shape index (κ3) is 3.86. The van der Waals surface area contributed by atoms with Gasteiger partial charge in [0.05, 0.1) is 42.0 Å². The van der Waals surface area contributed by atoms with Gasteiger partial charge >= 0.3 is 0 Å². The molecule has 0 aliphatic carbocycles. The molecule has 0 radical (unpaired) electrons. The monoisotopic (exact) mass is 341 g/mol. The molecule has 0 saturated heterocycles. The first-order valence-corrected chi connectivity index (χ1v) is 7.56. The summed E-state index contributed by atoms with van der Waals surface area (Å²) in [4.78, 5) is 25.0. The zero-order valence-electron chi connectivity index (χ0n) is 13.3. The van der Waals surface area contributed by atoms with E-state index in [4.69, 9.17) is 10.5 Å². The smallest absolute Gasteiger partial charge is 0.261 e. The highest BCUT2D eigenvalue weighted by Crippen LogP contribution is 2.17. The highest BCUT2D eigenvalue weighted by Gasteiger charge is 2.07. The minimum Gasteiger partial charge on any atom is -0.489 e. The van der Waals surface area contributed by atoms with Crippen molar-refractivity contribution >= 4 is 10.9 Å². The summed E-state index contributed by atoms with van der Waals surface area (Å²) in [5.41, 5.74) is 6.70. The van der Waals surface area contributed by atoms with Gasteiger partial charge in [0.15, 0.2) is 0 Å². The molecule has 0 bridgehead atoms. The molecule has 0 aliphatic rings. The van der Waals surface area contributed by atoms with E-state index >= 15 is 0 Å². The molecule has 3 aromatic rings. The quantitative estimate of drug-likeness (QED) is 0.728. The number of nitrogens with two attached hydrogens (primary N) is 1. The molecule has 8 heteroatoms. The molecule has 2 aromatic heterocycles. The van der Waals surface area contributed by atoms with Gasteiger partial charge in [-0.3, -0.25) is 19.3 Å². The Morgan fingerprint density at radius 1 is 1.32 bits per heavy atom. The van der Waals surface area contributed by atoms with Crippen molar-refractivity contribution in [2.75, 3.05) is 13.2 Å². The zero-order valence-corrected chi connectivity index (χ0v) is 13.3. The van der Waals surface area contributed by atoms with Gasteiger partial charge in [-0.2, -0.15) is 0 Å². The van der Waals surface area contributed by atoms with Gasteiger partial charge < -0.3 is 10.5 Å². The van der Waals surface area contributed by atoms with Crippen LogP contribution < -0.4 is 16.0 Å². The Hall–Kier alpha value is -3.13. The highest BCUT2D eigenvalue weighted by molar-refractivity contribution is 5.78. The van der Waals surface area contributed by atoms with Crippen molar-refractivity contribution in [3.63, 3.8) is 0 Å². The number of aromatic nitrogens is 4. The fraction of sp³-hybridized carbons (Fsp3) is 0.176. The first-order valence-electron chi connectivity index (χ1n) is 7.56. The van der Waals surface area contributed by atoms with Crippen molar-refractivity contribution in [3.05, 3.63) is 71.1 Å². The second-order valence-corrected chi connectivity index (χ2v) is 5.31. The summed E-state index contributed by atoms with van der Waals surface area (Å²) in [6.45, 7) is 0.409. The van der Waals surface area contributed by atoms with Crippen LogP contribution >= 0.6 is 0 Å². The topological polar surface area (TPSA) is 95.9 Å². The largest absolute Gasteiger partial charge is 0.489 e. The van der Waals surface area contributed by atoms with Gasteiger partial charge in [-0.05, 0) is 12.1 Å². The number of halogens is 1. The molecule has 0 amide bonds. The van der Waals surface area contributed by atoms with Gasteiger partial charge in [0, 0.05) is 30.6 Å². The van der Waals surface area contributed by atoms with E-state index < -0.39 is 0 Å². The van der Waals surface area contributed by atoms with Crippen LogP contribution in [0, 0.1) is 0 Å². The molecule has 2 heterocycles. The Morgan fingerprint density at radius 3 is 2.92 bits per heavy atom. The third-order valence-electron chi connectivity index (χ3n) is 3.59. The maximum atomic E-state index is 12.6. The molecule has 2 N–H and O–H groups in total. The lowest BCUT2D eigenvalue weighted by molar-refractivity contribution is 0.348. The molecule has 1 aromatic carbocycles. The Balaban J connectivity index is 1.85. The standard InChI is InChI=1S/C17H16FN5O2/c18-6-12(7-19)10-25-14-1-2-15-16(5-14)22-11-23(17(15)24)9-13-8-20-3-4-21-13/h1-6,8,11H,7,9-10,19H2. The Kier molecular flexibility index (Phi) is 5.10. The predicted molar refractivity (Wildman–Crippen MR) is 90.9 cm³/mol. The third-order valence-corrected chi connectivity index (χ3v) is 3.59. The number of nitrogens with zero attached hydrogens (tertiary/aromatic N) is 4. The zero-order chi connectivity index (χ0) is 17.6. The van der Waals surface area contributed by atoms with E-state index in [0.29, 0.717) is 34.2 Å². The summed E-state index contributed by atoms with van der Waals surface area (Å²) >= 11 is 0. The summed E-state index contributed by atoms with van der Waals surface area (Å²) in [7, 11) is 0. The van der Waals surface area contributed by atoms with Crippen molar-refractivity contribution in [1.82, 2.24) is 19.5 Å². The van der Waals surface area contributed by atoms with E-state index in [9.17, 15) is 9.18 Å². The van der Waals surface area contributed by atoms with Gasteiger partial charge in [-0.15, -0.1) is 0 Å². The van der Waals surface area contributed by atoms with Gasteiger partial charge in [-0.25, -0.2) is 9.37 Å². The molecule has 25 heavy (non-hydrogen) atoms. The molecule has 0 spiro atoms. The van der Waals surface area contributed by atoms with E-state index in [1.807, 2.05) is 0 Å². The number of hydrogen-bond donors (Lipinski definition) is 1. The molecule has 128 valence electrons. The van der Waals surface area contributed by atoms with Crippen molar-refractivity contribution in [2.24, 2.45) is 5.73 Å². The molecule has 0 atom stereocenters. The van der Waals surface area contributed by atoms with E-state index in [2.05, 4.69) is 15.0 Å². The molecule has 0 fully saturated rings. The summed E-state index contributed by atoms with van der Waals surface area (Å²) in [5.74, 6) is 0.485. The molecule has 0 saturated carbocycles. The first-order chi connectivity index (χ1) is 12.2. The number of fused-ring (bicyclic) bond motifs is 1. The van der Waals surface area contributed by atoms with Crippen LogP contribution in [0.2, 0.25) is 0 Å². The van der Waals surface area contributed by atoms with E-state index in [-0.39, 0.29) is 25.3 Å². The lowest BCUT2D eigenvalue weighted by atomic mass is 10.2. The second-order valence-electron chi connectivity index (χ2n) is 5.31. The number of benzene rings is 1. The molecule has 0 aliphatic heterocycles. The number of ether oxygens (including phenoxy) is 1.